The lowest BCUT2D eigenvalue weighted by Crippen LogP contribution is -2.02. The first-order chi connectivity index (χ1) is 20.0. The summed E-state index contributed by atoms with van der Waals surface area (Å²) in [6.45, 7) is 11.6. The minimum absolute atomic E-state index is 0.434. The third-order valence-corrected chi connectivity index (χ3v) is 10.3. The standard InChI is InChI=1S/C39H72OS/c1-6-9-12-15-18-20-23-26-29-34(4)37-32-36(41-31-28-25-22-17-14-11-8-3)33-38(39(37)40)35(5)30-27-24-21-19-16-13-10-7-2/h32-35,40H,6-31H2,1-5H3. The van der Waals surface area contributed by atoms with Crippen molar-refractivity contribution in [1.29, 1.82) is 0 Å². The average Bonchev–Trinajstić information content (AvgIpc) is 2.97. The molecule has 240 valence electrons. The molecule has 0 amide bonds. The van der Waals surface area contributed by atoms with E-state index in [0.717, 1.165) is 0 Å². The molecule has 1 aromatic rings. The van der Waals surface area contributed by atoms with E-state index in [1.54, 1.807) is 0 Å². The maximum Gasteiger partial charge on any atom is 0.122 e. The Bertz CT molecular complexity index is 667. The fourth-order valence-corrected chi connectivity index (χ4v) is 7.22. The Morgan fingerprint density at radius 3 is 1.17 bits per heavy atom. The van der Waals surface area contributed by atoms with Crippen LogP contribution in [0.2, 0.25) is 0 Å². The third-order valence-electron chi connectivity index (χ3n) is 9.20. The van der Waals surface area contributed by atoms with Crippen LogP contribution in [0.1, 0.15) is 218 Å². The van der Waals surface area contributed by atoms with E-state index in [-0.39, 0.29) is 0 Å². The van der Waals surface area contributed by atoms with E-state index in [4.69, 9.17) is 0 Å². The Hall–Kier alpha value is -0.630. The molecule has 1 nitrogen and oxygen atoms in total. The van der Waals surface area contributed by atoms with Crippen LogP contribution in [-0.4, -0.2) is 10.9 Å². The van der Waals surface area contributed by atoms with Gasteiger partial charge in [0.2, 0.25) is 0 Å². The lowest BCUT2D eigenvalue weighted by Gasteiger charge is -2.21. The van der Waals surface area contributed by atoms with Gasteiger partial charge in [0.05, 0.1) is 0 Å². The second-order valence-electron chi connectivity index (χ2n) is 13.2. The number of phenols is 1. The molecule has 1 aromatic carbocycles. The average molecular weight is 589 g/mol. The summed E-state index contributed by atoms with van der Waals surface area (Å²) in [5.41, 5.74) is 2.44. The molecule has 0 saturated carbocycles. The van der Waals surface area contributed by atoms with Gasteiger partial charge in [-0.05, 0) is 60.1 Å². The van der Waals surface area contributed by atoms with E-state index in [2.05, 4.69) is 46.8 Å². The molecule has 2 unspecified atom stereocenters. The van der Waals surface area contributed by atoms with Gasteiger partial charge in [-0.1, -0.05) is 176 Å². The topological polar surface area (TPSA) is 20.2 Å². The van der Waals surface area contributed by atoms with E-state index in [9.17, 15) is 5.11 Å². The largest absolute Gasteiger partial charge is 0.507 e. The van der Waals surface area contributed by atoms with Crippen LogP contribution in [0.5, 0.6) is 5.75 Å². The number of rotatable bonds is 29. The lowest BCUT2D eigenvalue weighted by molar-refractivity contribution is 0.440. The van der Waals surface area contributed by atoms with Crippen LogP contribution < -0.4 is 0 Å². The summed E-state index contributed by atoms with van der Waals surface area (Å²) in [6.07, 6.45) is 33.8. The molecule has 2 atom stereocenters. The van der Waals surface area contributed by atoms with Crippen molar-refractivity contribution in [3.63, 3.8) is 0 Å². The molecule has 0 bridgehead atoms. The number of unbranched alkanes of at least 4 members (excludes halogenated alkanes) is 20. The predicted octanol–water partition coefficient (Wildman–Crippen LogP) is 14.5. The van der Waals surface area contributed by atoms with E-state index in [1.165, 1.54) is 182 Å². The van der Waals surface area contributed by atoms with Gasteiger partial charge >= 0.3 is 0 Å². The van der Waals surface area contributed by atoms with E-state index >= 15 is 0 Å². The highest BCUT2D eigenvalue weighted by atomic mass is 32.2. The molecule has 0 fully saturated rings. The second-order valence-corrected chi connectivity index (χ2v) is 14.4. The van der Waals surface area contributed by atoms with Gasteiger partial charge in [0.25, 0.3) is 0 Å². The number of benzene rings is 1. The quantitative estimate of drug-likeness (QED) is 0.0742. The number of aromatic hydroxyl groups is 1. The molecule has 0 aliphatic heterocycles. The molecule has 0 radical (unpaired) electrons. The van der Waals surface area contributed by atoms with Gasteiger partial charge in [0.15, 0.2) is 0 Å². The smallest absolute Gasteiger partial charge is 0.122 e. The third kappa shape index (κ3) is 19.3. The van der Waals surface area contributed by atoms with E-state index < -0.39 is 0 Å². The molecular weight excluding hydrogens is 516 g/mol. The summed E-state index contributed by atoms with van der Waals surface area (Å²) < 4.78 is 0. The van der Waals surface area contributed by atoms with Gasteiger partial charge < -0.3 is 5.11 Å². The van der Waals surface area contributed by atoms with Crippen LogP contribution >= 0.6 is 11.8 Å². The number of phenolic OH excluding ortho intramolecular Hbond substituents is 1. The van der Waals surface area contributed by atoms with Crippen LogP contribution in [0.25, 0.3) is 0 Å². The zero-order chi connectivity index (χ0) is 30.0. The van der Waals surface area contributed by atoms with Crippen molar-refractivity contribution in [3.05, 3.63) is 23.3 Å². The molecule has 1 N–H and O–H groups in total. The Balaban J connectivity index is 2.68. The molecule has 0 aromatic heterocycles. The van der Waals surface area contributed by atoms with Gasteiger partial charge in [0, 0.05) is 4.90 Å². The van der Waals surface area contributed by atoms with Crippen molar-refractivity contribution in [2.24, 2.45) is 0 Å². The van der Waals surface area contributed by atoms with Crippen molar-refractivity contribution in [2.45, 2.75) is 212 Å². The normalized spacial score (nSPS) is 13.1. The van der Waals surface area contributed by atoms with Gasteiger partial charge in [-0.3, -0.25) is 0 Å². The van der Waals surface area contributed by atoms with E-state index in [0.29, 0.717) is 17.6 Å². The number of hydrogen-bond acceptors (Lipinski definition) is 2. The Morgan fingerprint density at radius 1 is 0.488 bits per heavy atom. The Morgan fingerprint density at radius 2 is 0.805 bits per heavy atom. The molecule has 0 spiro atoms. The highest BCUT2D eigenvalue weighted by Crippen LogP contribution is 2.41. The minimum Gasteiger partial charge on any atom is -0.507 e. The van der Waals surface area contributed by atoms with Crippen LogP contribution in [0.3, 0.4) is 0 Å². The van der Waals surface area contributed by atoms with Crippen LogP contribution in [0.4, 0.5) is 0 Å². The Labute approximate surface area is 262 Å². The van der Waals surface area contributed by atoms with Crippen LogP contribution in [0.15, 0.2) is 17.0 Å². The highest BCUT2D eigenvalue weighted by Gasteiger charge is 2.19. The molecule has 0 heterocycles. The fourth-order valence-electron chi connectivity index (χ4n) is 6.22. The Kier molecular flexibility index (Phi) is 25.2. The van der Waals surface area contributed by atoms with Gasteiger partial charge in [-0.25, -0.2) is 0 Å². The zero-order valence-corrected chi connectivity index (χ0v) is 29.4. The second kappa shape index (κ2) is 27.0. The highest BCUT2D eigenvalue weighted by molar-refractivity contribution is 7.99. The van der Waals surface area contributed by atoms with Crippen LogP contribution in [0, 0.1) is 0 Å². The zero-order valence-electron chi connectivity index (χ0n) is 28.5. The summed E-state index contributed by atoms with van der Waals surface area (Å²) in [4.78, 5) is 1.39. The molecule has 41 heavy (non-hydrogen) atoms. The minimum atomic E-state index is 0.434. The summed E-state index contributed by atoms with van der Waals surface area (Å²) in [6, 6.07) is 4.70. The SMILES string of the molecule is CCCCCCCCCCC(C)c1cc(SCCCCCCCCC)cc(C(C)CCCCCCCCCC)c1O. The fraction of sp³-hybridized carbons (Fsp3) is 0.846. The van der Waals surface area contributed by atoms with Crippen molar-refractivity contribution in [1.82, 2.24) is 0 Å². The van der Waals surface area contributed by atoms with E-state index in [1.807, 2.05) is 11.8 Å². The molecule has 0 saturated heterocycles. The summed E-state index contributed by atoms with van der Waals surface area (Å²) in [5, 5.41) is 11.5. The van der Waals surface area contributed by atoms with Crippen molar-refractivity contribution >= 4 is 11.8 Å². The summed E-state index contributed by atoms with van der Waals surface area (Å²) in [7, 11) is 0. The number of hydrogen-bond donors (Lipinski definition) is 1. The predicted molar refractivity (Wildman–Crippen MR) is 188 cm³/mol. The molecule has 0 aliphatic rings. The van der Waals surface area contributed by atoms with Crippen molar-refractivity contribution in [2.75, 3.05) is 5.75 Å². The molecule has 0 aliphatic carbocycles. The van der Waals surface area contributed by atoms with Crippen molar-refractivity contribution in [3.8, 4) is 5.75 Å². The summed E-state index contributed by atoms with van der Waals surface area (Å²) >= 11 is 2.03. The molecule has 1 rings (SSSR count). The maximum atomic E-state index is 11.5. The maximum absolute atomic E-state index is 11.5. The lowest BCUT2D eigenvalue weighted by atomic mass is 9.87. The first-order valence-electron chi connectivity index (χ1n) is 18.5. The van der Waals surface area contributed by atoms with Crippen LogP contribution in [-0.2, 0) is 0 Å². The van der Waals surface area contributed by atoms with Gasteiger partial charge in [-0.15, -0.1) is 11.8 Å². The summed E-state index contributed by atoms with van der Waals surface area (Å²) in [5.74, 6) is 2.69. The number of thioether (sulfide) groups is 1. The first-order valence-corrected chi connectivity index (χ1v) is 19.5. The monoisotopic (exact) mass is 589 g/mol. The molecular formula is C39H72OS. The molecule has 2 heteroatoms. The van der Waals surface area contributed by atoms with Gasteiger partial charge in [-0.2, -0.15) is 0 Å². The van der Waals surface area contributed by atoms with Crippen molar-refractivity contribution < 1.29 is 5.11 Å². The van der Waals surface area contributed by atoms with Gasteiger partial charge in [0.1, 0.15) is 5.75 Å². The first kappa shape index (κ1) is 38.4.